The number of carbonyl (C=O) groups excluding carboxylic acids is 3. The van der Waals surface area contributed by atoms with Crippen molar-refractivity contribution in [1.29, 1.82) is 0 Å². The summed E-state index contributed by atoms with van der Waals surface area (Å²) in [6.45, 7) is 2.09. The summed E-state index contributed by atoms with van der Waals surface area (Å²) in [5, 5.41) is 4.56. The fourth-order valence-corrected chi connectivity index (χ4v) is 3.45. The van der Waals surface area contributed by atoms with Gasteiger partial charge in [0, 0.05) is 29.6 Å². The SMILES string of the molecule is CCN1C(=O)C(CC(=O)Nc2cccc(Cl)c2)N(NC(=O)c2cccnc2)C1=S. The summed E-state index contributed by atoms with van der Waals surface area (Å²) in [5.74, 6) is -1.25. The molecule has 10 heteroatoms. The lowest BCUT2D eigenvalue weighted by molar-refractivity contribution is -0.130. The lowest BCUT2D eigenvalue weighted by atomic mass is 10.2. The van der Waals surface area contributed by atoms with Crippen LogP contribution in [0.3, 0.4) is 0 Å². The molecule has 8 nitrogen and oxygen atoms in total. The first-order valence-corrected chi connectivity index (χ1v) is 9.60. The largest absolute Gasteiger partial charge is 0.326 e. The van der Waals surface area contributed by atoms with Gasteiger partial charge < -0.3 is 5.32 Å². The lowest BCUT2D eigenvalue weighted by Crippen LogP contribution is -2.49. The van der Waals surface area contributed by atoms with Crippen molar-refractivity contribution in [2.24, 2.45) is 0 Å². The molecule has 2 N–H and O–H groups in total. The third kappa shape index (κ3) is 4.69. The molecule has 1 aliphatic rings. The van der Waals surface area contributed by atoms with Crippen LogP contribution >= 0.6 is 23.8 Å². The van der Waals surface area contributed by atoms with Crippen molar-refractivity contribution < 1.29 is 14.4 Å². The Labute approximate surface area is 177 Å². The van der Waals surface area contributed by atoms with Crippen molar-refractivity contribution in [2.75, 3.05) is 11.9 Å². The summed E-state index contributed by atoms with van der Waals surface area (Å²) in [5.41, 5.74) is 3.43. The molecule has 0 bridgehead atoms. The molecule has 1 unspecified atom stereocenters. The molecule has 1 fully saturated rings. The van der Waals surface area contributed by atoms with Crippen LogP contribution in [-0.4, -0.2) is 50.3 Å². The summed E-state index contributed by atoms with van der Waals surface area (Å²) >= 11 is 11.3. The second-order valence-corrected chi connectivity index (χ2v) is 7.00. The Morgan fingerprint density at radius 3 is 2.72 bits per heavy atom. The zero-order valence-corrected chi connectivity index (χ0v) is 17.0. The van der Waals surface area contributed by atoms with E-state index in [1.807, 2.05) is 0 Å². The Morgan fingerprint density at radius 2 is 2.07 bits per heavy atom. The molecule has 150 valence electrons. The smallest absolute Gasteiger partial charge is 0.271 e. The van der Waals surface area contributed by atoms with E-state index in [0.717, 1.165) is 0 Å². The zero-order valence-electron chi connectivity index (χ0n) is 15.5. The van der Waals surface area contributed by atoms with Crippen molar-refractivity contribution in [3.63, 3.8) is 0 Å². The Hall–Kier alpha value is -3.04. The Bertz CT molecular complexity index is 956. The summed E-state index contributed by atoms with van der Waals surface area (Å²) in [7, 11) is 0. The molecule has 0 aliphatic carbocycles. The maximum absolute atomic E-state index is 12.7. The number of anilines is 1. The van der Waals surface area contributed by atoms with Gasteiger partial charge in [0.05, 0.1) is 12.0 Å². The Balaban J connectivity index is 1.76. The molecule has 1 aromatic carbocycles. The first-order chi connectivity index (χ1) is 13.9. The van der Waals surface area contributed by atoms with Gasteiger partial charge in [0.2, 0.25) is 5.91 Å². The molecule has 1 aromatic heterocycles. The van der Waals surface area contributed by atoms with Crippen LogP contribution in [0.4, 0.5) is 5.69 Å². The highest BCUT2D eigenvalue weighted by Crippen LogP contribution is 2.21. The molecular formula is C19H18ClN5O3S. The molecule has 1 atom stereocenters. The van der Waals surface area contributed by atoms with Crippen LogP contribution in [0.2, 0.25) is 5.02 Å². The molecule has 0 spiro atoms. The van der Waals surface area contributed by atoms with E-state index in [1.165, 1.54) is 16.1 Å². The number of aromatic nitrogens is 1. The third-order valence-electron chi connectivity index (χ3n) is 4.25. The number of benzene rings is 1. The average molecular weight is 432 g/mol. The van der Waals surface area contributed by atoms with Gasteiger partial charge in [0.1, 0.15) is 6.04 Å². The summed E-state index contributed by atoms with van der Waals surface area (Å²) in [4.78, 5) is 43.0. The molecule has 0 radical (unpaired) electrons. The van der Waals surface area contributed by atoms with Gasteiger partial charge in [-0.3, -0.25) is 29.7 Å². The molecule has 2 heterocycles. The van der Waals surface area contributed by atoms with E-state index in [-0.39, 0.29) is 17.4 Å². The number of nitrogens with one attached hydrogen (secondary N) is 2. The third-order valence-corrected chi connectivity index (χ3v) is 4.90. The van der Waals surface area contributed by atoms with Gasteiger partial charge in [0.15, 0.2) is 5.11 Å². The molecule has 1 aliphatic heterocycles. The number of pyridine rings is 1. The van der Waals surface area contributed by atoms with Crippen LogP contribution in [0, 0.1) is 0 Å². The van der Waals surface area contributed by atoms with Crippen molar-refractivity contribution in [3.05, 3.63) is 59.4 Å². The number of likely N-dealkylation sites (N-methyl/N-ethyl adjacent to an activating group) is 1. The minimum atomic E-state index is -0.956. The monoisotopic (exact) mass is 431 g/mol. The van der Waals surface area contributed by atoms with Gasteiger partial charge >= 0.3 is 0 Å². The summed E-state index contributed by atoms with van der Waals surface area (Å²) < 4.78 is 0. The zero-order chi connectivity index (χ0) is 21.0. The topological polar surface area (TPSA) is 94.6 Å². The molecule has 1 saturated heterocycles. The van der Waals surface area contributed by atoms with Gasteiger partial charge in [-0.25, -0.2) is 5.01 Å². The molecular weight excluding hydrogens is 414 g/mol. The van der Waals surface area contributed by atoms with Crippen LogP contribution in [0.5, 0.6) is 0 Å². The number of hydrazine groups is 1. The quantitative estimate of drug-likeness (QED) is 0.681. The molecule has 2 aromatic rings. The molecule has 3 amide bonds. The van der Waals surface area contributed by atoms with E-state index in [1.54, 1.807) is 49.5 Å². The summed E-state index contributed by atoms with van der Waals surface area (Å²) in [6, 6.07) is 8.92. The first-order valence-electron chi connectivity index (χ1n) is 8.81. The number of rotatable bonds is 6. The highest BCUT2D eigenvalue weighted by Gasteiger charge is 2.43. The van der Waals surface area contributed by atoms with Gasteiger partial charge in [0.25, 0.3) is 11.8 Å². The van der Waals surface area contributed by atoms with E-state index in [4.69, 9.17) is 23.8 Å². The van der Waals surface area contributed by atoms with Crippen molar-refractivity contribution in [2.45, 2.75) is 19.4 Å². The van der Waals surface area contributed by atoms with Gasteiger partial charge in [-0.2, -0.15) is 0 Å². The lowest BCUT2D eigenvalue weighted by Gasteiger charge is -2.24. The highest BCUT2D eigenvalue weighted by atomic mass is 35.5. The van der Waals surface area contributed by atoms with Crippen LogP contribution in [-0.2, 0) is 9.59 Å². The van der Waals surface area contributed by atoms with E-state index < -0.39 is 17.9 Å². The van der Waals surface area contributed by atoms with Crippen LogP contribution < -0.4 is 10.7 Å². The molecule has 3 rings (SSSR count). The van der Waals surface area contributed by atoms with Gasteiger partial charge in [-0.15, -0.1) is 0 Å². The van der Waals surface area contributed by atoms with Crippen LogP contribution in [0.25, 0.3) is 0 Å². The van der Waals surface area contributed by atoms with E-state index in [2.05, 4.69) is 15.7 Å². The van der Waals surface area contributed by atoms with Crippen LogP contribution in [0.1, 0.15) is 23.7 Å². The standard InChI is InChI=1S/C19H18ClN5O3S/c1-2-24-18(28)15(10-16(26)22-14-7-3-6-13(20)9-14)25(19(24)29)23-17(27)12-5-4-8-21-11-12/h3-9,11,15H,2,10H2,1H3,(H,22,26)(H,23,27). The number of hydrogen-bond donors (Lipinski definition) is 2. The average Bonchev–Trinajstić information content (AvgIpc) is 2.92. The number of nitrogens with zero attached hydrogens (tertiary/aromatic N) is 3. The fraction of sp³-hybridized carbons (Fsp3) is 0.211. The van der Waals surface area contributed by atoms with E-state index in [9.17, 15) is 14.4 Å². The second-order valence-electron chi connectivity index (χ2n) is 6.20. The molecule has 29 heavy (non-hydrogen) atoms. The van der Waals surface area contributed by atoms with Gasteiger partial charge in [-0.05, 0) is 49.5 Å². The fourth-order valence-electron chi connectivity index (χ4n) is 2.87. The predicted molar refractivity (Wildman–Crippen MR) is 112 cm³/mol. The second kappa shape index (κ2) is 8.97. The predicted octanol–water partition coefficient (Wildman–Crippen LogP) is 2.23. The van der Waals surface area contributed by atoms with Crippen LogP contribution in [0.15, 0.2) is 48.8 Å². The van der Waals surface area contributed by atoms with Crippen molar-refractivity contribution in [3.8, 4) is 0 Å². The maximum Gasteiger partial charge on any atom is 0.271 e. The number of amides is 3. The van der Waals surface area contributed by atoms with Crippen molar-refractivity contribution >= 4 is 52.3 Å². The maximum atomic E-state index is 12.7. The number of carbonyl (C=O) groups is 3. The summed E-state index contributed by atoms with van der Waals surface area (Å²) in [6.07, 6.45) is 2.74. The Kier molecular flexibility index (Phi) is 6.40. The van der Waals surface area contributed by atoms with Crippen molar-refractivity contribution in [1.82, 2.24) is 20.3 Å². The van der Waals surface area contributed by atoms with Gasteiger partial charge in [-0.1, -0.05) is 17.7 Å². The first kappa shape index (κ1) is 20.7. The minimum Gasteiger partial charge on any atom is -0.326 e. The molecule has 0 saturated carbocycles. The van der Waals surface area contributed by atoms with E-state index >= 15 is 0 Å². The highest BCUT2D eigenvalue weighted by molar-refractivity contribution is 7.80. The minimum absolute atomic E-state index is 0.135. The van der Waals surface area contributed by atoms with E-state index in [0.29, 0.717) is 22.8 Å². The normalized spacial score (nSPS) is 16.1. The number of hydrogen-bond acceptors (Lipinski definition) is 5. The number of thiocarbonyl (C=S) groups is 1. The Morgan fingerprint density at radius 1 is 1.28 bits per heavy atom. The number of halogens is 1.